The molecule has 0 amide bonds. The van der Waals surface area contributed by atoms with Crippen molar-refractivity contribution in [3.63, 3.8) is 0 Å². The van der Waals surface area contributed by atoms with E-state index in [2.05, 4.69) is 30.8 Å². The third-order valence-corrected chi connectivity index (χ3v) is 4.01. The summed E-state index contributed by atoms with van der Waals surface area (Å²) in [5.41, 5.74) is 0.719. The number of hydrogen-bond acceptors (Lipinski definition) is 3. The molecule has 1 aromatic rings. The lowest BCUT2D eigenvalue weighted by Gasteiger charge is -2.39. The highest BCUT2D eigenvalue weighted by molar-refractivity contribution is 5.14. The Morgan fingerprint density at radius 1 is 1.39 bits per heavy atom. The molecule has 18 heavy (non-hydrogen) atoms. The van der Waals surface area contributed by atoms with Gasteiger partial charge < -0.3 is 5.11 Å². The van der Waals surface area contributed by atoms with Gasteiger partial charge in [-0.2, -0.15) is 5.10 Å². The van der Waals surface area contributed by atoms with E-state index in [0.29, 0.717) is 0 Å². The molecule has 1 aromatic heterocycles. The molecule has 0 aliphatic carbocycles. The van der Waals surface area contributed by atoms with Crippen LogP contribution in [0.15, 0.2) is 12.4 Å². The lowest BCUT2D eigenvalue weighted by atomic mass is 9.91. The summed E-state index contributed by atoms with van der Waals surface area (Å²) < 4.78 is 1.92. The predicted octanol–water partition coefficient (Wildman–Crippen LogP) is 2.20. The van der Waals surface area contributed by atoms with Crippen molar-refractivity contribution in [1.29, 1.82) is 0 Å². The fourth-order valence-electron chi connectivity index (χ4n) is 2.75. The maximum Gasteiger partial charge on any atom is 0.0998 e. The zero-order valence-corrected chi connectivity index (χ0v) is 11.8. The van der Waals surface area contributed by atoms with E-state index in [-0.39, 0.29) is 5.54 Å². The highest BCUT2D eigenvalue weighted by Crippen LogP contribution is 2.33. The normalized spacial score (nSPS) is 19.3. The second kappa shape index (κ2) is 5.41. The van der Waals surface area contributed by atoms with Crippen LogP contribution in [0.4, 0.5) is 0 Å². The first-order chi connectivity index (χ1) is 8.55. The highest BCUT2D eigenvalue weighted by atomic mass is 16.3. The SMILES string of the molecule is CCCn1cc(C(O)C(C)(C)N2CCCC2)cn1. The smallest absolute Gasteiger partial charge is 0.0998 e. The van der Waals surface area contributed by atoms with Gasteiger partial charge in [0, 0.05) is 23.8 Å². The second-order valence-corrected chi connectivity index (χ2v) is 5.79. The van der Waals surface area contributed by atoms with Crippen LogP contribution in [0.1, 0.15) is 51.7 Å². The van der Waals surface area contributed by atoms with Crippen LogP contribution < -0.4 is 0 Å². The first-order valence-corrected chi connectivity index (χ1v) is 7.01. The van der Waals surface area contributed by atoms with Crippen molar-refractivity contribution in [3.05, 3.63) is 18.0 Å². The van der Waals surface area contributed by atoms with Crippen molar-refractivity contribution in [1.82, 2.24) is 14.7 Å². The maximum absolute atomic E-state index is 10.6. The number of aromatic nitrogens is 2. The molecule has 1 saturated heterocycles. The predicted molar refractivity (Wildman–Crippen MR) is 72.4 cm³/mol. The van der Waals surface area contributed by atoms with Gasteiger partial charge in [0.2, 0.25) is 0 Å². The molecule has 0 radical (unpaired) electrons. The van der Waals surface area contributed by atoms with Crippen molar-refractivity contribution < 1.29 is 5.11 Å². The average Bonchev–Trinajstić information content (AvgIpc) is 2.99. The topological polar surface area (TPSA) is 41.3 Å². The minimum atomic E-state index is -0.471. The third kappa shape index (κ3) is 2.59. The van der Waals surface area contributed by atoms with Crippen molar-refractivity contribution in [2.24, 2.45) is 0 Å². The van der Waals surface area contributed by atoms with Crippen molar-refractivity contribution >= 4 is 0 Å². The van der Waals surface area contributed by atoms with Crippen LogP contribution in [0.5, 0.6) is 0 Å². The summed E-state index contributed by atoms with van der Waals surface area (Å²) in [7, 11) is 0. The molecule has 1 aliphatic rings. The van der Waals surface area contributed by atoms with E-state index in [1.54, 1.807) is 6.20 Å². The number of aliphatic hydroxyl groups is 1. The Morgan fingerprint density at radius 3 is 2.67 bits per heavy atom. The second-order valence-electron chi connectivity index (χ2n) is 5.79. The molecule has 1 unspecified atom stereocenters. The first-order valence-electron chi connectivity index (χ1n) is 7.01. The molecule has 1 atom stereocenters. The minimum Gasteiger partial charge on any atom is -0.386 e. The van der Waals surface area contributed by atoms with E-state index in [1.807, 2.05) is 10.9 Å². The molecule has 1 aliphatic heterocycles. The Balaban J connectivity index is 2.10. The molecule has 0 spiro atoms. The molecule has 0 bridgehead atoms. The Labute approximate surface area is 110 Å². The number of aliphatic hydroxyl groups excluding tert-OH is 1. The van der Waals surface area contributed by atoms with Crippen molar-refractivity contribution in [2.75, 3.05) is 13.1 Å². The van der Waals surface area contributed by atoms with Gasteiger partial charge in [-0.05, 0) is 46.2 Å². The molecule has 4 heteroatoms. The molecular formula is C14H25N3O. The van der Waals surface area contributed by atoms with E-state index in [4.69, 9.17) is 0 Å². The van der Waals surface area contributed by atoms with Gasteiger partial charge in [0.1, 0.15) is 0 Å². The van der Waals surface area contributed by atoms with Gasteiger partial charge in [-0.25, -0.2) is 0 Å². The number of rotatable bonds is 5. The number of aryl methyl sites for hydroxylation is 1. The molecule has 1 N–H and O–H groups in total. The summed E-state index contributed by atoms with van der Waals surface area (Å²) in [5, 5.41) is 14.9. The lowest BCUT2D eigenvalue weighted by Crippen LogP contribution is -2.46. The summed E-state index contributed by atoms with van der Waals surface area (Å²) in [5.74, 6) is 0. The van der Waals surface area contributed by atoms with E-state index in [0.717, 1.165) is 31.6 Å². The fourth-order valence-corrected chi connectivity index (χ4v) is 2.75. The highest BCUT2D eigenvalue weighted by Gasteiger charge is 2.37. The standard InChI is InChI=1S/C14H25N3O/c1-4-7-17-11-12(10-15-17)13(18)14(2,3)16-8-5-6-9-16/h10-11,13,18H,4-9H2,1-3H3. The van der Waals surface area contributed by atoms with Crippen LogP contribution >= 0.6 is 0 Å². The first kappa shape index (κ1) is 13.6. The number of nitrogens with zero attached hydrogens (tertiary/aromatic N) is 3. The van der Waals surface area contributed by atoms with Crippen LogP contribution in [0.3, 0.4) is 0 Å². The number of hydrogen-bond donors (Lipinski definition) is 1. The molecule has 0 saturated carbocycles. The monoisotopic (exact) mass is 251 g/mol. The van der Waals surface area contributed by atoms with E-state index in [9.17, 15) is 5.11 Å². The average molecular weight is 251 g/mol. The van der Waals surface area contributed by atoms with Crippen LogP contribution in [-0.2, 0) is 6.54 Å². The van der Waals surface area contributed by atoms with Crippen LogP contribution in [0.25, 0.3) is 0 Å². The molecular weight excluding hydrogens is 226 g/mol. The maximum atomic E-state index is 10.6. The summed E-state index contributed by atoms with van der Waals surface area (Å²) in [6, 6.07) is 0. The van der Waals surface area contributed by atoms with Gasteiger partial charge in [0.25, 0.3) is 0 Å². The van der Waals surface area contributed by atoms with Crippen LogP contribution in [-0.4, -0.2) is 38.4 Å². The summed E-state index contributed by atoms with van der Waals surface area (Å²) >= 11 is 0. The molecule has 1 fully saturated rings. The van der Waals surface area contributed by atoms with Gasteiger partial charge in [-0.1, -0.05) is 6.92 Å². The Kier molecular flexibility index (Phi) is 4.07. The van der Waals surface area contributed by atoms with Crippen LogP contribution in [0, 0.1) is 0 Å². The molecule has 102 valence electrons. The van der Waals surface area contributed by atoms with Gasteiger partial charge in [0.05, 0.1) is 12.3 Å². The Hall–Kier alpha value is -0.870. The summed E-state index contributed by atoms with van der Waals surface area (Å²) in [6.07, 6.45) is 6.86. The van der Waals surface area contributed by atoms with E-state index in [1.165, 1.54) is 12.8 Å². The van der Waals surface area contributed by atoms with Crippen LogP contribution in [0.2, 0.25) is 0 Å². The summed E-state index contributed by atoms with van der Waals surface area (Å²) in [6.45, 7) is 9.48. The third-order valence-electron chi connectivity index (χ3n) is 4.01. The zero-order chi connectivity index (χ0) is 13.2. The quantitative estimate of drug-likeness (QED) is 0.872. The minimum absolute atomic E-state index is 0.212. The van der Waals surface area contributed by atoms with Crippen molar-refractivity contribution in [2.45, 2.75) is 58.2 Å². The molecule has 0 aromatic carbocycles. The molecule has 2 heterocycles. The van der Waals surface area contributed by atoms with E-state index >= 15 is 0 Å². The molecule has 2 rings (SSSR count). The summed E-state index contributed by atoms with van der Waals surface area (Å²) in [4.78, 5) is 2.38. The Morgan fingerprint density at radius 2 is 2.06 bits per heavy atom. The van der Waals surface area contributed by atoms with Crippen molar-refractivity contribution in [3.8, 4) is 0 Å². The van der Waals surface area contributed by atoms with E-state index < -0.39 is 6.10 Å². The van der Waals surface area contributed by atoms with Gasteiger partial charge in [0.15, 0.2) is 0 Å². The fraction of sp³-hybridized carbons (Fsp3) is 0.786. The van der Waals surface area contributed by atoms with Gasteiger partial charge >= 0.3 is 0 Å². The largest absolute Gasteiger partial charge is 0.386 e. The van der Waals surface area contributed by atoms with Gasteiger partial charge in [-0.3, -0.25) is 9.58 Å². The lowest BCUT2D eigenvalue weighted by molar-refractivity contribution is 0.00127. The molecule has 4 nitrogen and oxygen atoms in total. The zero-order valence-electron chi connectivity index (χ0n) is 11.8. The Bertz CT molecular complexity index is 380. The number of likely N-dealkylation sites (tertiary alicyclic amines) is 1. The van der Waals surface area contributed by atoms with Gasteiger partial charge in [-0.15, -0.1) is 0 Å².